The number of benzene rings is 2. The predicted octanol–water partition coefficient (Wildman–Crippen LogP) is 0.878. The molecule has 3 rings (SSSR count). The van der Waals surface area contributed by atoms with E-state index in [0.29, 0.717) is 37.5 Å². The van der Waals surface area contributed by atoms with Gasteiger partial charge >= 0.3 is 0 Å². The topological polar surface area (TPSA) is 90.0 Å². The highest BCUT2D eigenvalue weighted by Crippen LogP contribution is 2.26. The van der Waals surface area contributed by atoms with Crippen molar-refractivity contribution < 1.29 is 23.1 Å². The summed E-state index contributed by atoms with van der Waals surface area (Å²) in [5.41, 5.74) is 1.49. The molecule has 0 bridgehead atoms. The Kier molecular flexibility index (Phi) is 5.38. The van der Waals surface area contributed by atoms with Gasteiger partial charge in [0.2, 0.25) is 10.0 Å². The molecule has 1 heterocycles. The van der Waals surface area contributed by atoms with Gasteiger partial charge in [-0.3, -0.25) is 0 Å². The van der Waals surface area contributed by atoms with Crippen LogP contribution in [0.1, 0.15) is 15.9 Å². The molecule has 8 heteroatoms. The first kappa shape index (κ1) is 19.2. The summed E-state index contributed by atoms with van der Waals surface area (Å²) >= 11 is 0. The van der Waals surface area contributed by atoms with E-state index in [1.54, 1.807) is 37.3 Å². The Morgan fingerprint density at radius 1 is 1.07 bits per heavy atom. The van der Waals surface area contributed by atoms with Crippen LogP contribution in [0.5, 0.6) is 5.75 Å². The fourth-order valence-electron chi connectivity index (χ4n) is 3.19. The number of hydrogen-bond donors (Lipinski definition) is 0. The molecule has 2 aromatic rings. The number of methoxy groups -OCH3 is 1. The van der Waals surface area contributed by atoms with E-state index in [4.69, 9.17) is 4.74 Å². The molecule has 27 heavy (non-hydrogen) atoms. The lowest BCUT2D eigenvalue weighted by atomic mass is 10.2. The first-order valence-electron chi connectivity index (χ1n) is 8.54. The van der Waals surface area contributed by atoms with E-state index < -0.39 is 16.0 Å². The number of nitrogens with zero attached hydrogens (tertiary/aromatic N) is 2. The first-order valence-corrected chi connectivity index (χ1v) is 9.98. The van der Waals surface area contributed by atoms with Crippen molar-refractivity contribution in [1.29, 1.82) is 0 Å². The molecule has 0 spiro atoms. The van der Waals surface area contributed by atoms with Crippen LogP contribution in [0.15, 0.2) is 47.4 Å². The molecule has 0 aromatic heterocycles. The van der Waals surface area contributed by atoms with E-state index in [1.807, 2.05) is 11.0 Å². The fourth-order valence-corrected chi connectivity index (χ4v) is 4.82. The predicted molar refractivity (Wildman–Crippen MR) is 99.5 cm³/mol. The number of piperazine rings is 1. The second-order valence-electron chi connectivity index (χ2n) is 6.36. The molecular weight excluding hydrogens is 368 g/mol. The van der Waals surface area contributed by atoms with Crippen molar-refractivity contribution in [3.63, 3.8) is 0 Å². The highest BCUT2D eigenvalue weighted by molar-refractivity contribution is 7.89. The van der Waals surface area contributed by atoms with Gasteiger partial charge in [-0.25, -0.2) is 8.42 Å². The summed E-state index contributed by atoms with van der Waals surface area (Å²) < 4.78 is 32.5. The largest absolute Gasteiger partial charge is 0.545 e. The van der Waals surface area contributed by atoms with Crippen LogP contribution in [0.25, 0.3) is 0 Å². The van der Waals surface area contributed by atoms with Gasteiger partial charge < -0.3 is 19.5 Å². The zero-order valence-electron chi connectivity index (χ0n) is 15.2. The summed E-state index contributed by atoms with van der Waals surface area (Å²) in [4.78, 5) is 13.3. The summed E-state index contributed by atoms with van der Waals surface area (Å²) in [5.74, 6) is -0.614. The summed E-state index contributed by atoms with van der Waals surface area (Å²) in [6, 6.07) is 11.4. The number of sulfonamides is 1. The number of aromatic carboxylic acids is 1. The maximum absolute atomic E-state index is 13.0. The molecule has 0 atom stereocenters. The molecule has 0 unspecified atom stereocenters. The maximum atomic E-state index is 13.0. The van der Waals surface area contributed by atoms with Crippen molar-refractivity contribution in [1.82, 2.24) is 4.31 Å². The quantitative estimate of drug-likeness (QED) is 0.754. The Hall–Kier alpha value is -2.58. The summed E-state index contributed by atoms with van der Waals surface area (Å²) in [6.07, 6.45) is 0. The molecule has 7 nitrogen and oxygen atoms in total. The molecule has 0 N–H and O–H groups in total. The van der Waals surface area contributed by atoms with Crippen LogP contribution in [-0.2, 0) is 10.0 Å². The third kappa shape index (κ3) is 3.91. The third-order valence-electron chi connectivity index (χ3n) is 4.69. The van der Waals surface area contributed by atoms with Crippen molar-refractivity contribution in [3.8, 4) is 5.75 Å². The average molecular weight is 389 g/mol. The van der Waals surface area contributed by atoms with Crippen LogP contribution in [0.4, 0.5) is 5.69 Å². The van der Waals surface area contributed by atoms with E-state index in [9.17, 15) is 18.3 Å². The van der Waals surface area contributed by atoms with E-state index >= 15 is 0 Å². The van der Waals surface area contributed by atoms with Crippen molar-refractivity contribution in [2.75, 3.05) is 38.2 Å². The Balaban J connectivity index is 1.75. The SMILES string of the molecule is COc1ccc(S(=O)(=O)N2CCN(c3cccc(C(=O)[O-])c3)CC2)c(C)c1. The molecule has 0 saturated carbocycles. The van der Waals surface area contributed by atoms with Crippen LogP contribution in [0, 0.1) is 6.92 Å². The Morgan fingerprint density at radius 2 is 1.78 bits per heavy atom. The third-order valence-corrected chi connectivity index (χ3v) is 6.74. The number of carbonyl (C=O) groups is 1. The van der Waals surface area contributed by atoms with Crippen molar-refractivity contribution in [3.05, 3.63) is 53.6 Å². The van der Waals surface area contributed by atoms with Gasteiger partial charge in [0.05, 0.1) is 18.0 Å². The number of ether oxygens (including phenoxy) is 1. The van der Waals surface area contributed by atoms with Gasteiger partial charge in [-0.1, -0.05) is 12.1 Å². The Morgan fingerprint density at radius 3 is 2.37 bits per heavy atom. The van der Waals surface area contributed by atoms with Crippen LogP contribution in [0.3, 0.4) is 0 Å². The highest BCUT2D eigenvalue weighted by atomic mass is 32.2. The molecule has 144 valence electrons. The molecule has 0 radical (unpaired) electrons. The summed E-state index contributed by atoms with van der Waals surface area (Å²) in [5, 5.41) is 11.0. The molecular formula is C19H21N2O5S-. The zero-order chi connectivity index (χ0) is 19.6. The van der Waals surface area contributed by atoms with E-state index in [-0.39, 0.29) is 10.5 Å². The van der Waals surface area contributed by atoms with Gasteiger partial charge in [0.1, 0.15) is 5.75 Å². The van der Waals surface area contributed by atoms with Crippen LogP contribution in [0.2, 0.25) is 0 Å². The lowest BCUT2D eigenvalue weighted by Crippen LogP contribution is -2.48. The Labute approximate surface area is 158 Å². The number of carboxylic acids is 1. The van der Waals surface area contributed by atoms with Gasteiger partial charge in [-0.2, -0.15) is 4.31 Å². The number of aryl methyl sites for hydroxylation is 1. The molecule has 1 saturated heterocycles. The molecule has 0 amide bonds. The van der Waals surface area contributed by atoms with Crippen LogP contribution < -0.4 is 14.7 Å². The smallest absolute Gasteiger partial charge is 0.243 e. The normalized spacial score (nSPS) is 15.6. The maximum Gasteiger partial charge on any atom is 0.243 e. The van der Waals surface area contributed by atoms with Crippen LogP contribution >= 0.6 is 0 Å². The standard InChI is InChI=1S/C19H22N2O5S/c1-14-12-17(26-2)6-7-18(14)27(24,25)21-10-8-20(9-11-21)16-5-3-4-15(13-16)19(22)23/h3-7,12-13H,8-11H2,1-2H3,(H,22,23)/p-1. The van der Waals surface area contributed by atoms with Crippen LogP contribution in [-0.4, -0.2) is 52.0 Å². The second-order valence-corrected chi connectivity index (χ2v) is 8.27. The van der Waals surface area contributed by atoms with Gasteiger partial charge in [0.15, 0.2) is 0 Å². The van der Waals surface area contributed by atoms with Crippen molar-refractivity contribution >= 4 is 21.7 Å². The summed E-state index contributed by atoms with van der Waals surface area (Å²) in [6.45, 7) is 3.35. The van der Waals surface area contributed by atoms with E-state index in [0.717, 1.165) is 5.69 Å². The number of carbonyl (C=O) groups excluding carboxylic acids is 1. The number of anilines is 1. The van der Waals surface area contributed by atoms with Gasteiger partial charge in [-0.15, -0.1) is 0 Å². The minimum absolute atomic E-state index is 0.108. The van der Waals surface area contributed by atoms with Crippen molar-refractivity contribution in [2.45, 2.75) is 11.8 Å². The molecule has 1 fully saturated rings. The fraction of sp³-hybridized carbons (Fsp3) is 0.316. The minimum atomic E-state index is -3.60. The minimum Gasteiger partial charge on any atom is -0.545 e. The monoisotopic (exact) mass is 389 g/mol. The number of carboxylic acid groups (broad SMARTS) is 1. The lowest BCUT2D eigenvalue weighted by molar-refractivity contribution is -0.255. The molecule has 1 aliphatic heterocycles. The highest BCUT2D eigenvalue weighted by Gasteiger charge is 2.29. The van der Waals surface area contributed by atoms with Gasteiger partial charge in [0.25, 0.3) is 0 Å². The molecule has 2 aromatic carbocycles. The first-order chi connectivity index (χ1) is 12.8. The molecule has 0 aliphatic carbocycles. The van der Waals surface area contributed by atoms with E-state index in [1.165, 1.54) is 17.5 Å². The van der Waals surface area contributed by atoms with Gasteiger partial charge in [0, 0.05) is 31.9 Å². The van der Waals surface area contributed by atoms with E-state index in [2.05, 4.69) is 0 Å². The summed E-state index contributed by atoms with van der Waals surface area (Å²) in [7, 11) is -2.06. The van der Waals surface area contributed by atoms with Gasteiger partial charge in [-0.05, 0) is 48.4 Å². The average Bonchev–Trinajstić information content (AvgIpc) is 2.67. The Bertz CT molecular complexity index is 950. The molecule has 1 aliphatic rings. The zero-order valence-corrected chi connectivity index (χ0v) is 16.0. The number of hydrogen-bond acceptors (Lipinski definition) is 6. The number of rotatable bonds is 5. The van der Waals surface area contributed by atoms with Crippen molar-refractivity contribution in [2.24, 2.45) is 0 Å². The second kappa shape index (κ2) is 7.58. The lowest BCUT2D eigenvalue weighted by Gasteiger charge is -2.35.